The molecule has 1 aliphatic heterocycles. The number of benzene rings is 3. The van der Waals surface area contributed by atoms with Gasteiger partial charge in [0.25, 0.3) is 11.6 Å². The van der Waals surface area contributed by atoms with Gasteiger partial charge in [-0.1, -0.05) is 66.4 Å². The van der Waals surface area contributed by atoms with Gasteiger partial charge in [-0.15, -0.1) is 0 Å². The number of hydrogen-bond acceptors (Lipinski definition) is 5. The van der Waals surface area contributed by atoms with E-state index in [1.807, 2.05) is 35.0 Å². The third-order valence-electron chi connectivity index (χ3n) is 5.49. The molecule has 1 amide bonds. The van der Waals surface area contributed by atoms with Gasteiger partial charge in [0.1, 0.15) is 5.82 Å². The Morgan fingerprint density at radius 1 is 1.03 bits per heavy atom. The zero-order valence-electron chi connectivity index (χ0n) is 17.6. The van der Waals surface area contributed by atoms with Crippen molar-refractivity contribution < 1.29 is 14.1 Å². The van der Waals surface area contributed by atoms with Crippen molar-refractivity contribution in [2.45, 2.75) is 6.54 Å². The Bertz CT molecular complexity index is 1500. The fourth-order valence-electron chi connectivity index (χ4n) is 3.89. The molecule has 1 saturated heterocycles. The standard InChI is InChI=1S/C25H16FN3O3S2/c26-20-6-2-4-8-22(20)28-24(30)23(34-25(28)33)13-17-15-27(21-7-3-1-5-19(17)21)14-16-9-11-18(12-10-16)29(31)32/h1-13,15H,14H2. The highest BCUT2D eigenvalue weighted by atomic mass is 32.2. The molecule has 0 radical (unpaired) electrons. The average molecular weight is 490 g/mol. The molecule has 0 bridgehead atoms. The van der Waals surface area contributed by atoms with Crippen molar-refractivity contribution in [2.24, 2.45) is 0 Å². The third kappa shape index (κ3) is 4.00. The molecule has 6 nitrogen and oxygen atoms in total. The molecule has 5 rings (SSSR count). The molecule has 4 aromatic rings. The second kappa shape index (κ2) is 8.85. The van der Waals surface area contributed by atoms with Crippen LogP contribution in [0.5, 0.6) is 0 Å². The van der Waals surface area contributed by atoms with Gasteiger partial charge in [0, 0.05) is 41.3 Å². The largest absolute Gasteiger partial charge is 0.342 e. The van der Waals surface area contributed by atoms with E-state index in [-0.39, 0.29) is 21.6 Å². The summed E-state index contributed by atoms with van der Waals surface area (Å²) in [6, 6.07) is 20.2. The van der Waals surface area contributed by atoms with E-state index in [2.05, 4.69) is 0 Å². The Hall–Kier alpha value is -3.82. The highest BCUT2D eigenvalue weighted by Crippen LogP contribution is 2.38. The van der Waals surface area contributed by atoms with E-state index >= 15 is 0 Å². The summed E-state index contributed by atoms with van der Waals surface area (Å²) in [4.78, 5) is 25.2. The predicted octanol–water partition coefficient (Wildman–Crippen LogP) is 6.14. The summed E-state index contributed by atoms with van der Waals surface area (Å²) in [6.07, 6.45) is 3.70. The van der Waals surface area contributed by atoms with Gasteiger partial charge in [-0.05, 0) is 29.8 Å². The summed E-state index contributed by atoms with van der Waals surface area (Å²) in [6.45, 7) is 0.503. The third-order valence-corrected chi connectivity index (χ3v) is 6.80. The topological polar surface area (TPSA) is 68.4 Å². The number of nitrogens with zero attached hydrogens (tertiary/aromatic N) is 3. The number of anilines is 1. The van der Waals surface area contributed by atoms with Crippen molar-refractivity contribution in [3.63, 3.8) is 0 Å². The summed E-state index contributed by atoms with van der Waals surface area (Å²) in [5.74, 6) is -0.882. The normalized spacial score (nSPS) is 15.0. The maximum Gasteiger partial charge on any atom is 0.270 e. The van der Waals surface area contributed by atoms with Crippen LogP contribution in [0, 0.1) is 15.9 Å². The zero-order valence-corrected chi connectivity index (χ0v) is 19.2. The van der Waals surface area contributed by atoms with E-state index in [4.69, 9.17) is 12.2 Å². The van der Waals surface area contributed by atoms with E-state index in [0.29, 0.717) is 11.4 Å². The van der Waals surface area contributed by atoms with Crippen molar-refractivity contribution in [1.29, 1.82) is 0 Å². The number of aromatic nitrogens is 1. The number of thiocarbonyl (C=S) groups is 1. The molecule has 1 fully saturated rings. The van der Waals surface area contributed by atoms with E-state index in [1.165, 1.54) is 29.2 Å². The molecule has 0 spiro atoms. The van der Waals surface area contributed by atoms with Crippen LogP contribution in [0.4, 0.5) is 15.8 Å². The summed E-state index contributed by atoms with van der Waals surface area (Å²) in [5, 5.41) is 11.9. The number of carbonyl (C=O) groups excluding carboxylic acids is 1. The number of halogens is 1. The molecule has 1 aliphatic rings. The van der Waals surface area contributed by atoms with Crippen molar-refractivity contribution in [3.8, 4) is 0 Å². The number of amides is 1. The molecule has 0 aliphatic carbocycles. The van der Waals surface area contributed by atoms with Crippen LogP contribution >= 0.6 is 24.0 Å². The number of nitro groups is 1. The van der Waals surface area contributed by atoms with Crippen LogP contribution in [0.15, 0.2) is 83.9 Å². The van der Waals surface area contributed by atoms with Crippen LogP contribution in [0.1, 0.15) is 11.1 Å². The molecular weight excluding hydrogens is 473 g/mol. The average Bonchev–Trinajstić information content (AvgIpc) is 3.31. The molecule has 0 atom stereocenters. The van der Waals surface area contributed by atoms with E-state index < -0.39 is 10.7 Å². The monoisotopic (exact) mass is 489 g/mol. The number of fused-ring (bicyclic) bond motifs is 1. The number of carbonyl (C=O) groups is 1. The van der Waals surface area contributed by atoms with Gasteiger partial charge in [-0.3, -0.25) is 19.8 Å². The Labute approximate surface area is 203 Å². The minimum atomic E-state index is -0.514. The molecule has 3 aromatic carbocycles. The lowest BCUT2D eigenvalue weighted by Crippen LogP contribution is -2.28. The van der Waals surface area contributed by atoms with Crippen molar-refractivity contribution in [2.75, 3.05) is 4.90 Å². The molecule has 168 valence electrons. The van der Waals surface area contributed by atoms with Crippen LogP contribution in [0.3, 0.4) is 0 Å². The van der Waals surface area contributed by atoms with Gasteiger partial charge < -0.3 is 4.57 Å². The predicted molar refractivity (Wildman–Crippen MR) is 136 cm³/mol. The summed E-state index contributed by atoms with van der Waals surface area (Å²) in [7, 11) is 0. The summed E-state index contributed by atoms with van der Waals surface area (Å²) >= 11 is 6.51. The quantitative estimate of drug-likeness (QED) is 0.146. The van der Waals surface area contributed by atoms with Gasteiger partial charge in [0.2, 0.25) is 0 Å². The highest BCUT2D eigenvalue weighted by Gasteiger charge is 2.34. The molecule has 34 heavy (non-hydrogen) atoms. The number of rotatable bonds is 5. The number of thioether (sulfide) groups is 1. The fraction of sp³-hybridized carbons (Fsp3) is 0.0400. The van der Waals surface area contributed by atoms with Crippen LogP contribution in [-0.4, -0.2) is 19.7 Å². The molecule has 9 heteroatoms. The van der Waals surface area contributed by atoms with Crippen LogP contribution < -0.4 is 4.90 Å². The first-order valence-electron chi connectivity index (χ1n) is 10.3. The first-order valence-corrected chi connectivity index (χ1v) is 11.5. The van der Waals surface area contributed by atoms with Gasteiger partial charge in [-0.2, -0.15) is 0 Å². The van der Waals surface area contributed by atoms with Crippen LogP contribution in [0.25, 0.3) is 17.0 Å². The number of para-hydroxylation sites is 2. The lowest BCUT2D eigenvalue weighted by atomic mass is 10.1. The summed E-state index contributed by atoms with van der Waals surface area (Å²) in [5.41, 5.74) is 2.86. The molecule has 0 N–H and O–H groups in total. The highest BCUT2D eigenvalue weighted by molar-refractivity contribution is 8.27. The lowest BCUT2D eigenvalue weighted by Gasteiger charge is -2.14. The van der Waals surface area contributed by atoms with Crippen LogP contribution in [0.2, 0.25) is 0 Å². The zero-order chi connectivity index (χ0) is 23.8. The van der Waals surface area contributed by atoms with Crippen LogP contribution in [-0.2, 0) is 11.3 Å². The molecular formula is C25H16FN3O3S2. The Morgan fingerprint density at radius 3 is 2.47 bits per heavy atom. The SMILES string of the molecule is O=C1C(=Cc2cn(Cc3ccc([N+](=O)[O-])cc3)c3ccccc23)SC(=S)N1c1ccccc1F. The smallest absolute Gasteiger partial charge is 0.270 e. The minimum Gasteiger partial charge on any atom is -0.342 e. The van der Waals surface area contributed by atoms with Crippen molar-refractivity contribution >= 4 is 62.6 Å². The lowest BCUT2D eigenvalue weighted by molar-refractivity contribution is -0.384. The number of nitro benzene ring substituents is 1. The Balaban J connectivity index is 1.50. The summed E-state index contributed by atoms with van der Waals surface area (Å²) < 4.78 is 16.6. The van der Waals surface area contributed by atoms with Gasteiger partial charge in [0.15, 0.2) is 4.32 Å². The molecule has 0 saturated carbocycles. The van der Waals surface area contributed by atoms with E-state index in [9.17, 15) is 19.3 Å². The minimum absolute atomic E-state index is 0.0404. The first-order chi connectivity index (χ1) is 16.4. The maximum atomic E-state index is 14.3. The second-order valence-electron chi connectivity index (χ2n) is 7.62. The number of hydrogen-bond donors (Lipinski definition) is 0. The van der Waals surface area contributed by atoms with Gasteiger partial charge in [-0.25, -0.2) is 4.39 Å². The molecule has 1 aromatic heterocycles. The molecule has 2 heterocycles. The van der Waals surface area contributed by atoms with Crippen molar-refractivity contribution in [1.82, 2.24) is 4.57 Å². The Morgan fingerprint density at radius 2 is 1.74 bits per heavy atom. The van der Waals surface area contributed by atoms with Crippen molar-refractivity contribution in [3.05, 3.63) is 111 Å². The van der Waals surface area contributed by atoms with E-state index in [1.54, 1.807) is 30.3 Å². The maximum absolute atomic E-state index is 14.3. The van der Waals surface area contributed by atoms with E-state index in [0.717, 1.165) is 33.8 Å². The first kappa shape index (κ1) is 22.0. The van der Waals surface area contributed by atoms with Gasteiger partial charge >= 0.3 is 0 Å². The number of non-ortho nitro benzene ring substituents is 1. The van der Waals surface area contributed by atoms with Gasteiger partial charge in [0.05, 0.1) is 15.5 Å². The Kier molecular flexibility index (Phi) is 5.72. The second-order valence-corrected chi connectivity index (χ2v) is 9.30. The fourth-order valence-corrected chi connectivity index (χ4v) is 5.17. The molecule has 0 unspecified atom stereocenters.